The maximum absolute atomic E-state index is 13.2. The average Bonchev–Trinajstić information content (AvgIpc) is 2.58. The zero-order valence-electron chi connectivity index (χ0n) is 9.88. The summed E-state index contributed by atoms with van der Waals surface area (Å²) < 4.78 is 19.5. The molecular weight excluding hydrogens is 285 g/mol. The Morgan fingerprint density at radius 2 is 2.35 bits per heavy atom. The summed E-state index contributed by atoms with van der Waals surface area (Å²) in [6.45, 7) is 3.72. The summed E-state index contributed by atoms with van der Waals surface area (Å²) in [7, 11) is 0. The summed E-state index contributed by atoms with van der Waals surface area (Å²) in [6.07, 6.45) is 2.17. The number of nitrogens with one attached hydrogen (secondary N) is 1. The predicted molar refractivity (Wildman–Crippen MR) is 69.5 cm³/mol. The third-order valence-corrected chi connectivity index (χ3v) is 3.79. The number of ether oxygens (including phenoxy) is 1. The van der Waals surface area contributed by atoms with E-state index in [0.717, 1.165) is 31.6 Å². The van der Waals surface area contributed by atoms with Crippen molar-refractivity contribution in [3.8, 4) is 0 Å². The number of rotatable bonds is 2. The van der Waals surface area contributed by atoms with Crippen LogP contribution in [0.2, 0.25) is 0 Å². The fraction of sp³-hybridized carbons (Fsp3) is 0.538. The van der Waals surface area contributed by atoms with Crippen LogP contribution >= 0.6 is 15.9 Å². The molecule has 4 heteroatoms. The van der Waals surface area contributed by atoms with Crippen LogP contribution in [0.15, 0.2) is 22.7 Å². The fourth-order valence-corrected chi connectivity index (χ4v) is 2.46. The molecule has 1 heterocycles. The first-order valence-electron chi connectivity index (χ1n) is 6.00. The van der Waals surface area contributed by atoms with Crippen LogP contribution < -0.4 is 5.32 Å². The van der Waals surface area contributed by atoms with E-state index in [1.54, 1.807) is 12.1 Å². The van der Waals surface area contributed by atoms with Crippen LogP contribution in [0.25, 0.3) is 0 Å². The Hall–Kier alpha value is -0.450. The van der Waals surface area contributed by atoms with E-state index < -0.39 is 0 Å². The average molecular weight is 302 g/mol. The molecule has 0 bridgehead atoms. The van der Waals surface area contributed by atoms with Gasteiger partial charge in [0.25, 0.3) is 0 Å². The molecule has 2 unspecified atom stereocenters. The monoisotopic (exact) mass is 301 g/mol. The second-order valence-electron chi connectivity index (χ2n) is 4.34. The molecule has 1 aliphatic heterocycles. The van der Waals surface area contributed by atoms with Crippen molar-refractivity contribution in [3.63, 3.8) is 0 Å². The van der Waals surface area contributed by atoms with Crippen molar-refractivity contribution >= 4 is 15.9 Å². The highest BCUT2D eigenvalue weighted by Crippen LogP contribution is 2.25. The molecule has 0 aliphatic carbocycles. The van der Waals surface area contributed by atoms with E-state index in [-0.39, 0.29) is 11.9 Å². The molecule has 0 spiro atoms. The second kappa shape index (κ2) is 5.94. The van der Waals surface area contributed by atoms with Crippen LogP contribution in [0.3, 0.4) is 0 Å². The van der Waals surface area contributed by atoms with Gasteiger partial charge in [0.15, 0.2) is 0 Å². The van der Waals surface area contributed by atoms with Gasteiger partial charge in [-0.25, -0.2) is 4.39 Å². The molecule has 0 amide bonds. The van der Waals surface area contributed by atoms with Crippen molar-refractivity contribution in [1.29, 1.82) is 0 Å². The number of halogens is 2. The van der Waals surface area contributed by atoms with Crippen molar-refractivity contribution in [1.82, 2.24) is 5.32 Å². The molecule has 2 atom stereocenters. The minimum Gasteiger partial charge on any atom is -0.372 e. The van der Waals surface area contributed by atoms with Gasteiger partial charge in [-0.1, -0.05) is 13.0 Å². The Bertz CT molecular complexity index is 386. The molecule has 1 aromatic rings. The van der Waals surface area contributed by atoms with E-state index in [1.807, 2.05) is 0 Å². The Morgan fingerprint density at radius 3 is 3.06 bits per heavy atom. The predicted octanol–water partition coefficient (Wildman–Crippen LogP) is 3.42. The summed E-state index contributed by atoms with van der Waals surface area (Å²) >= 11 is 3.21. The maximum atomic E-state index is 13.2. The molecule has 0 saturated carbocycles. The Balaban J connectivity index is 2.08. The lowest BCUT2D eigenvalue weighted by Gasteiger charge is -2.16. The van der Waals surface area contributed by atoms with E-state index in [9.17, 15) is 4.39 Å². The van der Waals surface area contributed by atoms with Gasteiger partial charge in [-0.15, -0.1) is 0 Å². The Labute approximate surface area is 110 Å². The van der Waals surface area contributed by atoms with Gasteiger partial charge in [0, 0.05) is 19.2 Å². The fourth-order valence-electron chi connectivity index (χ4n) is 2.06. The van der Waals surface area contributed by atoms with E-state index in [0.29, 0.717) is 10.5 Å². The summed E-state index contributed by atoms with van der Waals surface area (Å²) in [5.41, 5.74) is 1.02. The lowest BCUT2D eigenvalue weighted by Crippen LogP contribution is -2.29. The third-order valence-electron chi connectivity index (χ3n) is 3.19. The number of hydrogen-bond acceptors (Lipinski definition) is 2. The highest BCUT2D eigenvalue weighted by molar-refractivity contribution is 9.10. The van der Waals surface area contributed by atoms with E-state index in [4.69, 9.17) is 4.74 Å². The molecular formula is C13H17BrFNO. The first-order valence-corrected chi connectivity index (χ1v) is 6.80. The first kappa shape index (κ1) is 13.0. The molecule has 1 saturated heterocycles. The van der Waals surface area contributed by atoms with Gasteiger partial charge in [0.2, 0.25) is 0 Å². The standard InChI is InChI=1S/C13H17BrFNO/c1-2-10-5-6-17-13(8-16-10)9-3-4-12(15)11(14)7-9/h3-4,7,10,13,16H,2,5-6,8H2,1H3. The van der Waals surface area contributed by atoms with E-state index in [1.165, 1.54) is 6.07 Å². The van der Waals surface area contributed by atoms with Gasteiger partial charge in [0.1, 0.15) is 5.82 Å². The normalized spacial score (nSPS) is 25.6. The largest absolute Gasteiger partial charge is 0.372 e. The van der Waals surface area contributed by atoms with Crippen molar-refractivity contribution in [2.75, 3.05) is 13.2 Å². The molecule has 1 fully saturated rings. The highest BCUT2D eigenvalue weighted by Gasteiger charge is 2.19. The van der Waals surface area contributed by atoms with Crippen LogP contribution in [-0.2, 0) is 4.74 Å². The Morgan fingerprint density at radius 1 is 1.53 bits per heavy atom. The highest BCUT2D eigenvalue weighted by atomic mass is 79.9. The molecule has 1 aromatic carbocycles. The number of hydrogen-bond donors (Lipinski definition) is 1. The molecule has 2 rings (SSSR count). The van der Waals surface area contributed by atoms with Crippen LogP contribution in [0.1, 0.15) is 31.4 Å². The zero-order chi connectivity index (χ0) is 12.3. The topological polar surface area (TPSA) is 21.3 Å². The molecule has 1 aliphatic rings. The van der Waals surface area contributed by atoms with Gasteiger partial charge >= 0.3 is 0 Å². The Kier molecular flexibility index (Phi) is 4.54. The smallest absolute Gasteiger partial charge is 0.137 e. The minimum atomic E-state index is -0.234. The van der Waals surface area contributed by atoms with Gasteiger partial charge in [-0.3, -0.25) is 0 Å². The summed E-state index contributed by atoms with van der Waals surface area (Å²) in [4.78, 5) is 0. The lowest BCUT2D eigenvalue weighted by atomic mass is 10.1. The van der Waals surface area contributed by atoms with Crippen LogP contribution in [0.4, 0.5) is 4.39 Å². The molecule has 2 nitrogen and oxygen atoms in total. The minimum absolute atomic E-state index is 0.0171. The van der Waals surface area contributed by atoms with E-state index in [2.05, 4.69) is 28.2 Å². The van der Waals surface area contributed by atoms with Crippen molar-refractivity contribution in [2.24, 2.45) is 0 Å². The number of benzene rings is 1. The lowest BCUT2D eigenvalue weighted by molar-refractivity contribution is 0.0662. The second-order valence-corrected chi connectivity index (χ2v) is 5.19. The van der Waals surface area contributed by atoms with Crippen LogP contribution in [0.5, 0.6) is 0 Å². The zero-order valence-corrected chi connectivity index (χ0v) is 11.5. The van der Waals surface area contributed by atoms with Gasteiger partial charge in [0.05, 0.1) is 10.6 Å². The molecule has 0 radical (unpaired) electrons. The molecule has 17 heavy (non-hydrogen) atoms. The van der Waals surface area contributed by atoms with Crippen molar-refractivity contribution < 1.29 is 9.13 Å². The van der Waals surface area contributed by atoms with Crippen molar-refractivity contribution in [3.05, 3.63) is 34.1 Å². The molecule has 0 aromatic heterocycles. The molecule has 94 valence electrons. The van der Waals surface area contributed by atoms with Crippen LogP contribution in [0, 0.1) is 5.82 Å². The van der Waals surface area contributed by atoms with Crippen molar-refractivity contribution in [2.45, 2.75) is 31.9 Å². The summed E-state index contributed by atoms with van der Waals surface area (Å²) in [5.74, 6) is -0.234. The maximum Gasteiger partial charge on any atom is 0.137 e. The summed E-state index contributed by atoms with van der Waals surface area (Å²) in [5, 5.41) is 3.48. The van der Waals surface area contributed by atoms with E-state index >= 15 is 0 Å². The summed E-state index contributed by atoms with van der Waals surface area (Å²) in [6, 6.07) is 5.60. The molecule has 1 N–H and O–H groups in total. The first-order chi connectivity index (χ1) is 8.20. The SMILES string of the molecule is CCC1CCOC(c2ccc(F)c(Br)c2)CN1. The van der Waals surface area contributed by atoms with Gasteiger partial charge in [-0.2, -0.15) is 0 Å². The van der Waals surface area contributed by atoms with Crippen LogP contribution in [-0.4, -0.2) is 19.2 Å². The van der Waals surface area contributed by atoms with Gasteiger partial charge < -0.3 is 10.1 Å². The van der Waals surface area contributed by atoms with Gasteiger partial charge in [-0.05, 0) is 46.5 Å². The third kappa shape index (κ3) is 3.27. The quantitative estimate of drug-likeness (QED) is 0.904.